The number of terminal acetylenes is 1. The molecule has 0 N–H and O–H groups in total. The van der Waals surface area contributed by atoms with Gasteiger partial charge in [-0.15, -0.1) is 12.3 Å². The van der Waals surface area contributed by atoms with Crippen molar-refractivity contribution in [3.8, 4) is 12.3 Å². The number of aliphatic imine (C=N–C) groups is 1. The third-order valence-corrected chi connectivity index (χ3v) is 12.5. The lowest BCUT2D eigenvalue weighted by Gasteiger charge is -2.46. The summed E-state index contributed by atoms with van der Waals surface area (Å²) >= 11 is 2.02. The number of amides is 1. The van der Waals surface area contributed by atoms with E-state index in [9.17, 15) is 14.4 Å². The second-order valence-electron chi connectivity index (χ2n) is 15.5. The van der Waals surface area contributed by atoms with Crippen molar-refractivity contribution in [3.05, 3.63) is 0 Å². The average molecular weight is 786 g/mol. The molecule has 270 valence electrons. The standard InChI is InChI=1S/C36H56IN3O8/c1-13-14-15-39(11)25-16-21(3)45-26(17-25)46-30-23(5)28(41)24(6)31(42)47-32(37)36(10)29-22(4)27(20(2)18-35(30,9)44-12)38-34(7,8)19-40(29)33(43)48-36/h1,20-26,29-30,32H,14-19H2,2-12H3/t20-,21-,22+,23+,24-,25+,26+,29-,30-,32+,35-,36+/m1/s1. The first-order valence-electron chi connectivity index (χ1n) is 17.3. The van der Waals surface area contributed by atoms with Gasteiger partial charge in [0.2, 0.25) is 0 Å². The number of alkyl halides is 1. The van der Waals surface area contributed by atoms with E-state index >= 15 is 0 Å². The maximum atomic E-state index is 14.2. The summed E-state index contributed by atoms with van der Waals surface area (Å²) in [5, 5.41) is 0. The van der Waals surface area contributed by atoms with Gasteiger partial charge in [0.1, 0.15) is 5.92 Å². The summed E-state index contributed by atoms with van der Waals surface area (Å²) in [5.74, 6) is -0.523. The van der Waals surface area contributed by atoms with E-state index in [1.165, 1.54) is 0 Å². The van der Waals surface area contributed by atoms with Crippen molar-refractivity contribution in [1.82, 2.24) is 9.80 Å². The zero-order chi connectivity index (χ0) is 35.9. The molecule has 0 aromatic heterocycles. The van der Waals surface area contributed by atoms with Crippen molar-refractivity contribution < 1.29 is 38.1 Å². The number of cyclic esters (lactones) is 1. The highest BCUT2D eigenvalue weighted by atomic mass is 127. The number of carbonyl (C=O) groups excluding carboxylic acids is 3. The number of halogens is 1. The van der Waals surface area contributed by atoms with E-state index in [1.54, 1.807) is 25.9 Å². The predicted molar refractivity (Wildman–Crippen MR) is 191 cm³/mol. The number of ketones is 1. The Bertz CT molecular complexity index is 1300. The third kappa shape index (κ3) is 7.75. The first-order chi connectivity index (χ1) is 22.3. The molecule has 1 amide bonds. The molecule has 4 rings (SSSR count). The van der Waals surface area contributed by atoms with Crippen molar-refractivity contribution in [3.63, 3.8) is 0 Å². The van der Waals surface area contributed by atoms with Crippen LogP contribution in [0.15, 0.2) is 4.99 Å². The highest BCUT2D eigenvalue weighted by Crippen LogP contribution is 2.46. The Morgan fingerprint density at radius 2 is 1.75 bits per heavy atom. The molecule has 4 aliphatic heterocycles. The number of methoxy groups -OCH3 is 1. The molecule has 2 bridgehead atoms. The van der Waals surface area contributed by atoms with Crippen LogP contribution in [0.25, 0.3) is 0 Å². The van der Waals surface area contributed by atoms with Crippen molar-refractivity contribution in [2.45, 2.75) is 139 Å². The second-order valence-corrected chi connectivity index (χ2v) is 16.7. The summed E-state index contributed by atoms with van der Waals surface area (Å²) < 4.78 is 30.7. The number of rotatable bonds is 6. The largest absolute Gasteiger partial charge is 0.447 e. The zero-order valence-corrected chi connectivity index (χ0v) is 32.7. The molecule has 4 heterocycles. The van der Waals surface area contributed by atoms with Gasteiger partial charge in [-0.25, -0.2) is 4.79 Å². The number of carbonyl (C=O) groups is 3. The van der Waals surface area contributed by atoms with E-state index < -0.39 is 63.2 Å². The molecular formula is C36H56IN3O8. The van der Waals surface area contributed by atoms with Crippen LogP contribution in [0, 0.1) is 36.0 Å². The topological polar surface area (TPSA) is 116 Å². The summed E-state index contributed by atoms with van der Waals surface area (Å²) in [4.78, 5) is 50.5. The molecule has 0 saturated carbocycles. The Morgan fingerprint density at radius 1 is 1.08 bits per heavy atom. The summed E-state index contributed by atoms with van der Waals surface area (Å²) in [6, 6.07) is -0.284. The normalized spacial score (nSPS) is 42.3. The molecule has 0 spiro atoms. The SMILES string of the molecule is C#CCCN(C)[C@@H]1C[C@H](O[C@@H]2[C@@H](C)C(=O)[C@@H](C)C(=O)O[C@H](I)[C@@]3(C)OC(=O)N4CC(C)(C)N=C([C@H](C)C[C@@]2(C)OC)[C@H](C)[C@@H]43)O[C@H](C)C1. The highest BCUT2D eigenvalue weighted by molar-refractivity contribution is 14.1. The van der Waals surface area contributed by atoms with Gasteiger partial charge in [0.15, 0.2) is 21.8 Å². The Hall–Kier alpha value is -1.79. The Balaban J connectivity index is 1.78. The van der Waals surface area contributed by atoms with Crippen LogP contribution in [0.2, 0.25) is 0 Å². The number of ether oxygens (including phenoxy) is 5. The smallest absolute Gasteiger partial charge is 0.411 e. The van der Waals surface area contributed by atoms with E-state index in [1.807, 2.05) is 57.2 Å². The molecule has 0 unspecified atom stereocenters. The number of esters is 1. The van der Waals surface area contributed by atoms with Gasteiger partial charge in [0, 0.05) is 56.6 Å². The number of Topliss-reactive ketones (excluding diaryl/α,β-unsaturated/α-hetero) is 1. The van der Waals surface area contributed by atoms with Crippen LogP contribution in [0.4, 0.5) is 4.79 Å². The van der Waals surface area contributed by atoms with Gasteiger partial charge < -0.3 is 28.6 Å². The number of nitrogens with zero attached hydrogens (tertiary/aromatic N) is 3. The van der Waals surface area contributed by atoms with E-state index in [4.69, 9.17) is 35.1 Å². The lowest BCUT2D eigenvalue weighted by Crippen LogP contribution is -2.57. The Morgan fingerprint density at radius 3 is 2.38 bits per heavy atom. The highest BCUT2D eigenvalue weighted by Gasteiger charge is 2.61. The van der Waals surface area contributed by atoms with Gasteiger partial charge in [-0.2, -0.15) is 0 Å². The summed E-state index contributed by atoms with van der Waals surface area (Å²) in [5.41, 5.74) is -1.86. The van der Waals surface area contributed by atoms with Crippen molar-refractivity contribution in [2.75, 3.05) is 27.2 Å². The number of hydrogen-bond acceptors (Lipinski definition) is 10. The quantitative estimate of drug-likeness (QED) is 0.117. The van der Waals surface area contributed by atoms with Crippen LogP contribution in [0.5, 0.6) is 0 Å². The maximum absolute atomic E-state index is 14.2. The molecule has 0 aromatic carbocycles. The maximum Gasteiger partial charge on any atom is 0.411 e. The molecule has 11 nitrogen and oxygen atoms in total. The fourth-order valence-electron chi connectivity index (χ4n) is 8.37. The molecule has 0 aliphatic carbocycles. The van der Waals surface area contributed by atoms with Crippen molar-refractivity contribution >= 4 is 46.1 Å². The minimum absolute atomic E-state index is 0.0780. The summed E-state index contributed by atoms with van der Waals surface area (Å²) in [6.07, 6.45) is 6.14. The summed E-state index contributed by atoms with van der Waals surface area (Å²) in [6.45, 7) is 18.4. The van der Waals surface area contributed by atoms with Crippen LogP contribution in [0.1, 0.15) is 88.0 Å². The van der Waals surface area contributed by atoms with E-state index in [0.717, 1.165) is 18.7 Å². The van der Waals surface area contributed by atoms with Gasteiger partial charge in [0.25, 0.3) is 0 Å². The minimum Gasteiger partial charge on any atom is -0.447 e. The van der Waals surface area contributed by atoms with Gasteiger partial charge in [-0.3, -0.25) is 19.5 Å². The van der Waals surface area contributed by atoms with Crippen LogP contribution >= 0.6 is 22.6 Å². The molecule has 0 radical (unpaired) electrons. The van der Waals surface area contributed by atoms with E-state index in [0.29, 0.717) is 25.8 Å². The molecule has 3 fully saturated rings. The molecule has 3 saturated heterocycles. The monoisotopic (exact) mass is 785 g/mol. The van der Waals surface area contributed by atoms with Gasteiger partial charge >= 0.3 is 12.1 Å². The molecule has 48 heavy (non-hydrogen) atoms. The second kappa shape index (κ2) is 14.8. The lowest BCUT2D eigenvalue weighted by atomic mass is 9.74. The minimum atomic E-state index is -1.18. The Kier molecular flexibility index (Phi) is 12.0. The third-order valence-electron chi connectivity index (χ3n) is 11.0. The average Bonchev–Trinajstić information content (AvgIpc) is 3.20. The van der Waals surface area contributed by atoms with Crippen LogP contribution in [-0.4, -0.2) is 112 Å². The van der Waals surface area contributed by atoms with Crippen LogP contribution < -0.4 is 0 Å². The van der Waals surface area contributed by atoms with Crippen LogP contribution in [0.3, 0.4) is 0 Å². The van der Waals surface area contributed by atoms with Gasteiger partial charge in [-0.1, -0.05) is 20.8 Å². The number of fused-ring (bicyclic) bond motifs is 1. The fourth-order valence-corrected chi connectivity index (χ4v) is 9.12. The first-order valence-corrected chi connectivity index (χ1v) is 18.5. The number of hydrogen-bond donors (Lipinski definition) is 0. The van der Waals surface area contributed by atoms with E-state index in [-0.39, 0.29) is 29.8 Å². The molecule has 0 aromatic rings. The molecule has 12 atom stereocenters. The fraction of sp³-hybridized carbons (Fsp3) is 0.833. The first kappa shape index (κ1) is 39.0. The summed E-state index contributed by atoms with van der Waals surface area (Å²) in [7, 11) is 3.69. The predicted octanol–water partition coefficient (Wildman–Crippen LogP) is 5.26. The van der Waals surface area contributed by atoms with E-state index in [2.05, 4.69) is 31.7 Å². The van der Waals surface area contributed by atoms with Crippen LogP contribution in [-0.2, 0) is 33.3 Å². The van der Waals surface area contributed by atoms with Gasteiger partial charge in [-0.05, 0) is 89.9 Å². The van der Waals surface area contributed by atoms with Crippen molar-refractivity contribution in [2.24, 2.45) is 28.7 Å². The zero-order valence-electron chi connectivity index (χ0n) is 30.6. The van der Waals surface area contributed by atoms with Gasteiger partial charge in [0.05, 0.1) is 29.4 Å². The molecule has 4 aliphatic rings. The Labute approximate surface area is 300 Å². The molecular weight excluding hydrogens is 729 g/mol. The van der Waals surface area contributed by atoms with Crippen molar-refractivity contribution in [1.29, 1.82) is 0 Å². The molecule has 12 heteroatoms. The lowest BCUT2D eigenvalue weighted by molar-refractivity contribution is -0.262.